The van der Waals surface area contributed by atoms with Crippen LogP contribution in [0, 0.1) is 0 Å². The Morgan fingerprint density at radius 3 is 2.76 bits per heavy atom. The number of nitrogens with one attached hydrogen (secondary N) is 1. The summed E-state index contributed by atoms with van der Waals surface area (Å²) >= 11 is 0. The first-order chi connectivity index (χ1) is 8.20. The zero-order valence-corrected chi connectivity index (χ0v) is 10.6. The van der Waals surface area contributed by atoms with Crippen molar-refractivity contribution in [2.75, 3.05) is 7.05 Å². The molecule has 0 spiro atoms. The van der Waals surface area contributed by atoms with Gasteiger partial charge in [-0.05, 0) is 36.7 Å². The molecule has 3 heteroatoms. The Morgan fingerprint density at radius 1 is 1.29 bits per heavy atom. The molecule has 2 rings (SSSR count). The van der Waals surface area contributed by atoms with Gasteiger partial charge in [-0.2, -0.15) is 5.10 Å². The second-order valence-electron chi connectivity index (χ2n) is 4.54. The highest BCUT2D eigenvalue weighted by Crippen LogP contribution is 2.15. The third kappa shape index (κ3) is 2.74. The van der Waals surface area contributed by atoms with Crippen LogP contribution in [0.1, 0.15) is 31.0 Å². The lowest BCUT2D eigenvalue weighted by atomic mass is 10.1. The molecule has 1 heterocycles. The van der Waals surface area contributed by atoms with Gasteiger partial charge in [-0.3, -0.25) is 0 Å². The zero-order chi connectivity index (χ0) is 12.3. The minimum atomic E-state index is 0.469. The number of nitrogens with zero attached hydrogens (tertiary/aromatic N) is 2. The van der Waals surface area contributed by atoms with E-state index in [1.54, 1.807) is 0 Å². The van der Waals surface area contributed by atoms with E-state index in [1.807, 2.05) is 17.9 Å². The van der Waals surface area contributed by atoms with Crippen LogP contribution in [-0.2, 0) is 6.54 Å². The fourth-order valence-electron chi connectivity index (χ4n) is 1.80. The highest BCUT2D eigenvalue weighted by molar-refractivity contribution is 5.35. The molecule has 0 aliphatic carbocycles. The standard InChI is InChI=1S/C14H19N3/c1-11(2)14-7-8-17(16-14)13-6-4-5-12(9-13)10-15-3/h4-9,11,15H,10H2,1-3H3. The highest BCUT2D eigenvalue weighted by Gasteiger charge is 2.04. The average Bonchev–Trinajstić information content (AvgIpc) is 2.79. The Morgan fingerprint density at radius 2 is 2.12 bits per heavy atom. The Hall–Kier alpha value is -1.61. The van der Waals surface area contributed by atoms with Crippen LogP contribution in [0.15, 0.2) is 36.5 Å². The van der Waals surface area contributed by atoms with Crippen molar-refractivity contribution in [1.29, 1.82) is 0 Å². The maximum atomic E-state index is 4.58. The Balaban J connectivity index is 2.28. The minimum absolute atomic E-state index is 0.469. The first-order valence-corrected chi connectivity index (χ1v) is 6.00. The second-order valence-corrected chi connectivity index (χ2v) is 4.54. The molecule has 3 nitrogen and oxygen atoms in total. The van der Waals surface area contributed by atoms with Gasteiger partial charge in [-0.1, -0.05) is 26.0 Å². The molecule has 0 saturated heterocycles. The highest BCUT2D eigenvalue weighted by atomic mass is 15.3. The first kappa shape index (κ1) is 11.9. The molecule has 90 valence electrons. The Bertz CT molecular complexity index is 486. The van der Waals surface area contributed by atoms with Gasteiger partial charge >= 0.3 is 0 Å². The van der Waals surface area contributed by atoms with Crippen LogP contribution in [0.5, 0.6) is 0 Å². The van der Waals surface area contributed by atoms with E-state index in [0.29, 0.717) is 5.92 Å². The van der Waals surface area contributed by atoms with Crippen LogP contribution in [0.25, 0.3) is 5.69 Å². The average molecular weight is 229 g/mol. The molecule has 1 aromatic heterocycles. The van der Waals surface area contributed by atoms with Crippen molar-refractivity contribution in [2.45, 2.75) is 26.3 Å². The summed E-state index contributed by atoms with van der Waals surface area (Å²) in [4.78, 5) is 0. The van der Waals surface area contributed by atoms with Crippen molar-refractivity contribution in [3.63, 3.8) is 0 Å². The maximum Gasteiger partial charge on any atom is 0.0654 e. The van der Waals surface area contributed by atoms with Crippen LogP contribution < -0.4 is 5.32 Å². The van der Waals surface area contributed by atoms with Gasteiger partial charge in [0.2, 0.25) is 0 Å². The summed E-state index contributed by atoms with van der Waals surface area (Å²) in [7, 11) is 1.96. The third-order valence-corrected chi connectivity index (χ3v) is 2.76. The van der Waals surface area contributed by atoms with E-state index in [1.165, 1.54) is 5.56 Å². The summed E-state index contributed by atoms with van der Waals surface area (Å²) in [6.07, 6.45) is 2.02. The zero-order valence-electron chi connectivity index (χ0n) is 10.6. The fourth-order valence-corrected chi connectivity index (χ4v) is 1.80. The third-order valence-electron chi connectivity index (χ3n) is 2.76. The summed E-state index contributed by atoms with van der Waals surface area (Å²) in [6, 6.07) is 10.5. The first-order valence-electron chi connectivity index (χ1n) is 6.00. The van der Waals surface area contributed by atoms with Crippen molar-refractivity contribution >= 4 is 0 Å². The quantitative estimate of drug-likeness (QED) is 0.873. The lowest BCUT2D eigenvalue weighted by Gasteiger charge is -2.05. The van der Waals surface area contributed by atoms with Crippen molar-refractivity contribution in [2.24, 2.45) is 0 Å². The van der Waals surface area contributed by atoms with E-state index in [9.17, 15) is 0 Å². The second kappa shape index (κ2) is 5.15. The van der Waals surface area contributed by atoms with Crippen LogP contribution in [0.4, 0.5) is 0 Å². The van der Waals surface area contributed by atoms with Gasteiger partial charge in [0.15, 0.2) is 0 Å². The molecule has 0 saturated carbocycles. The summed E-state index contributed by atoms with van der Waals surface area (Å²) in [5.41, 5.74) is 3.51. The fraction of sp³-hybridized carbons (Fsp3) is 0.357. The molecule has 1 aromatic carbocycles. The molecular formula is C14H19N3. The number of hydrogen-bond acceptors (Lipinski definition) is 2. The van der Waals surface area contributed by atoms with Crippen molar-refractivity contribution in [3.8, 4) is 5.69 Å². The molecule has 2 aromatic rings. The van der Waals surface area contributed by atoms with Gasteiger partial charge in [-0.15, -0.1) is 0 Å². The van der Waals surface area contributed by atoms with E-state index < -0.39 is 0 Å². The molecule has 0 fully saturated rings. The number of aromatic nitrogens is 2. The summed E-state index contributed by atoms with van der Waals surface area (Å²) < 4.78 is 1.94. The van der Waals surface area contributed by atoms with Gasteiger partial charge in [0.1, 0.15) is 0 Å². The monoisotopic (exact) mass is 229 g/mol. The summed E-state index contributed by atoms with van der Waals surface area (Å²) in [5.74, 6) is 0.469. The molecule has 1 N–H and O–H groups in total. The van der Waals surface area contributed by atoms with Gasteiger partial charge in [0.25, 0.3) is 0 Å². The molecule has 0 atom stereocenters. The maximum absolute atomic E-state index is 4.58. The lowest BCUT2D eigenvalue weighted by Crippen LogP contribution is -2.06. The number of rotatable bonds is 4. The van der Waals surface area contributed by atoms with Gasteiger partial charge in [0, 0.05) is 12.7 Å². The minimum Gasteiger partial charge on any atom is -0.316 e. The topological polar surface area (TPSA) is 29.9 Å². The molecule has 0 bridgehead atoms. The normalized spacial score (nSPS) is 11.1. The van der Waals surface area contributed by atoms with E-state index >= 15 is 0 Å². The Kier molecular flexibility index (Phi) is 3.59. The van der Waals surface area contributed by atoms with Crippen LogP contribution in [-0.4, -0.2) is 16.8 Å². The summed E-state index contributed by atoms with van der Waals surface area (Å²) in [5, 5.41) is 7.73. The van der Waals surface area contributed by atoms with Crippen LogP contribution in [0.3, 0.4) is 0 Å². The van der Waals surface area contributed by atoms with Gasteiger partial charge in [0.05, 0.1) is 11.4 Å². The van der Waals surface area contributed by atoms with E-state index in [4.69, 9.17) is 0 Å². The predicted octanol–water partition coefficient (Wildman–Crippen LogP) is 2.72. The van der Waals surface area contributed by atoms with Crippen LogP contribution >= 0.6 is 0 Å². The van der Waals surface area contributed by atoms with Gasteiger partial charge in [-0.25, -0.2) is 4.68 Å². The number of hydrogen-bond donors (Lipinski definition) is 1. The molecular weight excluding hydrogens is 210 g/mol. The Labute approximate surface area is 102 Å². The number of benzene rings is 1. The van der Waals surface area contributed by atoms with Crippen molar-refractivity contribution in [1.82, 2.24) is 15.1 Å². The lowest BCUT2D eigenvalue weighted by molar-refractivity contribution is 0.765. The molecule has 0 aliphatic heterocycles. The van der Waals surface area contributed by atoms with Crippen LogP contribution in [0.2, 0.25) is 0 Å². The smallest absolute Gasteiger partial charge is 0.0654 e. The molecule has 0 unspecified atom stereocenters. The molecule has 0 aliphatic rings. The molecule has 17 heavy (non-hydrogen) atoms. The van der Waals surface area contributed by atoms with E-state index in [2.05, 4.69) is 54.6 Å². The van der Waals surface area contributed by atoms with Crippen molar-refractivity contribution < 1.29 is 0 Å². The SMILES string of the molecule is CNCc1cccc(-n2ccc(C(C)C)n2)c1. The largest absolute Gasteiger partial charge is 0.316 e. The molecule has 0 radical (unpaired) electrons. The van der Waals surface area contributed by atoms with Crippen molar-refractivity contribution in [3.05, 3.63) is 47.8 Å². The van der Waals surface area contributed by atoms with E-state index in [-0.39, 0.29) is 0 Å². The predicted molar refractivity (Wildman–Crippen MR) is 70.4 cm³/mol. The summed E-state index contributed by atoms with van der Waals surface area (Å²) in [6.45, 7) is 5.19. The van der Waals surface area contributed by atoms with E-state index in [0.717, 1.165) is 17.9 Å². The van der Waals surface area contributed by atoms with Gasteiger partial charge < -0.3 is 5.32 Å². The molecule has 0 amide bonds.